The van der Waals surface area contributed by atoms with E-state index >= 15 is 0 Å². The zero-order valence-electron chi connectivity index (χ0n) is 10.2. The first-order valence-electron chi connectivity index (χ1n) is 5.69. The van der Waals surface area contributed by atoms with Crippen molar-refractivity contribution in [2.24, 2.45) is 0 Å². The number of hydrogen-bond donors (Lipinski definition) is 1. The minimum atomic E-state index is -0.395. The second-order valence-corrected chi connectivity index (χ2v) is 4.09. The number of nitrogens with zero attached hydrogens (tertiary/aromatic N) is 1. The summed E-state index contributed by atoms with van der Waals surface area (Å²) in [5.74, 6) is -0.112. The molecule has 2 amide bonds. The van der Waals surface area contributed by atoms with Crippen LogP contribution in [0.3, 0.4) is 0 Å². The maximum atomic E-state index is 11.8. The molecule has 1 N–H and O–H groups in total. The molecule has 2 unspecified atom stereocenters. The van der Waals surface area contributed by atoms with E-state index in [1.807, 2.05) is 0 Å². The average molecular weight is 228 g/mol. The SMILES string of the molecule is CCCC(COC)N1C(=O)CNC(=O)C1C. The second kappa shape index (κ2) is 5.84. The van der Waals surface area contributed by atoms with Crippen molar-refractivity contribution in [1.82, 2.24) is 10.2 Å². The number of nitrogens with one attached hydrogen (secondary N) is 1. The Balaban J connectivity index is 2.77. The molecule has 2 atom stereocenters. The Labute approximate surface area is 96.1 Å². The van der Waals surface area contributed by atoms with E-state index in [4.69, 9.17) is 4.74 Å². The van der Waals surface area contributed by atoms with Crippen LogP contribution in [-0.4, -0.2) is 49.1 Å². The van der Waals surface area contributed by atoms with Gasteiger partial charge in [-0.25, -0.2) is 0 Å². The van der Waals surface area contributed by atoms with Gasteiger partial charge in [-0.3, -0.25) is 9.59 Å². The fourth-order valence-corrected chi connectivity index (χ4v) is 2.09. The Kier molecular flexibility index (Phi) is 4.73. The summed E-state index contributed by atoms with van der Waals surface area (Å²) < 4.78 is 5.12. The smallest absolute Gasteiger partial charge is 0.242 e. The number of carbonyl (C=O) groups is 2. The lowest BCUT2D eigenvalue weighted by molar-refractivity contribution is -0.149. The molecule has 5 heteroatoms. The van der Waals surface area contributed by atoms with Crippen LogP contribution in [0.4, 0.5) is 0 Å². The van der Waals surface area contributed by atoms with E-state index in [1.165, 1.54) is 0 Å². The summed E-state index contributed by atoms with van der Waals surface area (Å²) in [4.78, 5) is 25.0. The largest absolute Gasteiger partial charge is 0.383 e. The van der Waals surface area contributed by atoms with Gasteiger partial charge in [0.25, 0.3) is 0 Å². The molecular formula is C11H20N2O3. The van der Waals surface area contributed by atoms with Crippen molar-refractivity contribution in [3.63, 3.8) is 0 Å². The molecule has 0 aromatic rings. The van der Waals surface area contributed by atoms with Crippen molar-refractivity contribution in [3.8, 4) is 0 Å². The molecule has 0 saturated carbocycles. The number of ether oxygens (including phenoxy) is 1. The van der Waals surface area contributed by atoms with Crippen molar-refractivity contribution in [2.75, 3.05) is 20.3 Å². The normalized spacial score (nSPS) is 23.2. The van der Waals surface area contributed by atoms with E-state index in [-0.39, 0.29) is 24.4 Å². The van der Waals surface area contributed by atoms with Crippen LogP contribution in [0.25, 0.3) is 0 Å². The minimum absolute atomic E-state index is 0.00329. The maximum absolute atomic E-state index is 11.8. The average Bonchev–Trinajstić information content (AvgIpc) is 2.25. The van der Waals surface area contributed by atoms with Crippen molar-refractivity contribution in [2.45, 2.75) is 38.8 Å². The molecule has 0 spiro atoms. The molecule has 0 aromatic heterocycles. The molecule has 1 rings (SSSR count). The topological polar surface area (TPSA) is 58.6 Å². The molecule has 0 aliphatic carbocycles. The second-order valence-electron chi connectivity index (χ2n) is 4.09. The highest BCUT2D eigenvalue weighted by atomic mass is 16.5. The third-order valence-electron chi connectivity index (χ3n) is 2.87. The van der Waals surface area contributed by atoms with E-state index in [0.29, 0.717) is 6.61 Å². The zero-order chi connectivity index (χ0) is 12.1. The van der Waals surface area contributed by atoms with Gasteiger partial charge in [0.1, 0.15) is 6.04 Å². The quantitative estimate of drug-likeness (QED) is 0.728. The predicted molar refractivity (Wildman–Crippen MR) is 59.9 cm³/mol. The van der Waals surface area contributed by atoms with E-state index in [2.05, 4.69) is 12.2 Å². The Morgan fingerprint density at radius 2 is 2.25 bits per heavy atom. The van der Waals surface area contributed by atoms with Gasteiger partial charge in [-0.05, 0) is 13.3 Å². The summed E-state index contributed by atoms with van der Waals surface area (Å²) in [7, 11) is 1.61. The van der Waals surface area contributed by atoms with Crippen LogP contribution in [0.15, 0.2) is 0 Å². The number of amides is 2. The number of methoxy groups -OCH3 is 1. The van der Waals surface area contributed by atoms with Crippen LogP contribution in [0, 0.1) is 0 Å². The highest BCUT2D eigenvalue weighted by Crippen LogP contribution is 2.15. The van der Waals surface area contributed by atoms with E-state index < -0.39 is 6.04 Å². The van der Waals surface area contributed by atoms with Gasteiger partial charge >= 0.3 is 0 Å². The molecule has 5 nitrogen and oxygen atoms in total. The van der Waals surface area contributed by atoms with Crippen molar-refractivity contribution < 1.29 is 14.3 Å². The highest BCUT2D eigenvalue weighted by molar-refractivity contribution is 5.94. The molecule has 0 radical (unpaired) electrons. The van der Waals surface area contributed by atoms with Crippen LogP contribution >= 0.6 is 0 Å². The third kappa shape index (κ3) is 2.72. The highest BCUT2D eigenvalue weighted by Gasteiger charge is 2.35. The number of piperazine rings is 1. The van der Waals surface area contributed by atoms with Crippen LogP contribution in [-0.2, 0) is 14.3 Å². The van der Waals surface area contributed by atoms with Crippen molar-refractivity contribution in [1.29, 1.82) is 0 Å². The molecule has 1 aliphatic rings. The zero-order valence-corrected chi connectivity index (χ0v) is 10.2. The molecule has 0 aromatic carbocycles. The van der Waals surface area contributed by atoms with Gasteiger partial charge in [0.2, 0.25) is 11.8 Å². The molecule has 1 saturated heterocycles. The van der Waals surface area contributed by atoms with Gasteiger partial charge < -0.3 is 15.0 Å². The fraction of sp³-hybridized carbons (Fsp3) is 0.818. The molecular weight excluding hydrogens is 208 g/mol. The third-order valence-corrected chi connectivity index (χ3v) is 2.87. The summed E-state index contributed by atoms with van der Waals surface area (Å²) in [5.41, 5.74) is 0. The Bertz CT molecular complexity index is 262. The Morgan fingerprint density at radius 1 is 1.56 bits per heavy atom. The van der Waals surface area contributed by atoms with Crippen molar-refractivity contribution in [3.05, 3.63) is 0 Å². The fourth-order valence-electron chi connectivity index (χ4n) is 2.09. The van der Waals surface area contributed by atoms with Crippen LogP contribution in [0.2, 0.25) is 0 Å². The lowest BCUT2D eigenvalue weighted by Gasteiger charge is -2.38. The molecule has 0 bridgehead atoms. The van der Waals surface area contributed by atoms with E-state index in [0.717, 1.165) is 12.8 Å². The maximum Gasteiger partial charge on any atom is 0.242 e. The summed E-state index contributed by atoms with van der Waals surface area (Å²) in [6.07, 6.45) is 1.82. The minimum Gasteiger partial charge on any atom is -0.383 e. The summed E-state index contributed by atoms with van der Waals surface area (Å²) in [6.45, 7) is 4.40. The number of hydrogen-bond acceptors (Lipinski definition) is 3. The van der Waals surface area contributed by atoms with E-state index in [1.54, 1.807) is 18.9 Å². The molecule has 1 fully saturated rings. The monoisotopic (exact) mass is 228 g/mol. The lowest BCUT2D eigenvalue weighted by atomic mass is 10.1. The van der Waals surface area contributed by atoms with E-state index in [9.17, 15) is 9.59 Å². The number of carbonyl (C=O) groups excluding carboxylic acids is 2. The molecule has 1 aliphatic heterocycles. The van der Waals surface area contributed by atoms with Gasteiger partial charge in [-0.1, -0.05) is 13.3 Å². The van der Waals surface area contributed by atoms with Gasteiger partial charge in [0, 0.05) is 7.11 Å². The lowest BCUT2D eigenvalue weighted by Crippen LogP contribution is -2.61. The Hall–Kier alpha value is -1.10. The first kappa shape index (κ1) is 13.0. The molecule has 1 heterocycles. The first-order valence-corrected chi connectivity index (χ1v) is 5.69. The summed E-state index contributed by atoms with van der Waals surface area (Å²) >= 11 is 0. The number of rotatable bonds is 5. The summed E-state index contributed by atoms with van der Waals surface area (Å²) in [6, 6.07) is -0.392. The van der Waals surface area contributed by atoms with Crippen LogP contribution in [0.1, 0.15) is 26.7 Å². The van der Waals surface area contributed by atoms with Crippen LogP contribution in [0.5, 0.6) is 0 Å². The molecule has 92 valence electrons. The van der Waals surface area contributed by atoms with Crippen LogP contribution < -0.4 is 5.32 Å². The van der Waals surface area contributed by atoms with Gasteiger partial charge in [0.05, 0.1) is 19.2 Å². The standard InChI is InChI=1S/C11H20N2O3/c1-4-5-9(7-16-3)13-8(2)11(15)12-6-10(13)14/h8-9H,4-7H2,1-3H3,(H,12,15). The van der Waals surface area contributed by atoms with Crippen molar-refractivity contribution >= 4 is 11.8 Å². The first-order chi connectivity index (χ1) is 7.61. The summed E-state index contributed by atoms with van der Waals surface area (Å²) in [5, 5.41) is 2.58. The van der Waals surface area contributed by atoms with Gasteiger partial charge in [0.15, 0.2) is 0 Å². The predicted octanol–water partition coefficient (Wildman–Crippen LogP) is 0.148. The van der Waals surface area contributed by atoms with Gasteiger partial charge in [-0.2, -0.15) is 0 Å². The Morgan fingerprint density at radius 3 is 2.81 bits per heavy atom. The molecule has 16 heavy (non-hydrogen) atoms. The van der Waals surface area contributed by atoms with Gasteiger partial charge in [-0.15, -0.1) is 0 Å².